The Hall–Kier alpha value is -1.32. The van der Waals surface area contributed by atoms with Crippen LogP contribution in [0.15, 0.2) is 12.7 Å². The van der Waals surface area contributed by atoms with Crippen molar-refractivity contribution in [3.8, 4) is 0 Å². The second-order valence-electron chi connectivity index (χ2n) is 5.52. The van der Waals surface area contributed by atoms with Gasteiger partial charge in [-0.3, -0.25) is 9.59 Å². The number of hydrogen-bond acceptors (Lipinski definition) is 2. The molecule has 2 amide bonds. The zero-order valence-electron chi connectivity index (χ0n) is 11.0. The SMILES string of the molecule is C=CCCN1CCC(=O)NC(C(C)(C)C)C1=O. The van der Waals surface area contributed by atoms with Crippen molar-refractivity contribution in [2.75, 3.05) is 13.1 Å². The molecule has 96 valence electrons. The molecule has 0 aromatic carbocycles. The third-order valence-corrected chi connectivity index (χ3v) is 2.94. The number of hydrogen-bond donors (Lipinski definition) is 1. The molecule has 17 heavy (non-hydrogen) atoms. The van der Waals surface area contributed by atoms with Gasteiger partial charge in [0.25, 0.3) is 0 Å². The molecule has 0 bridgehead atoms. The second kappa shape index (κ2) is 5.34. The maximum Gasteiger partial charge on any atom is 0.245 e. The third-order valence-electron chi connectivity index (χ3n) is 2.94. The predicted molar refractivity (Wildman–Crippen MR) is 67.4 cm³/mol. The van der Waals surface area contributed by atoms with Gasteiger partial charge < -0.3 is 10.2 Å². The van der Waals surface area contributed by atoms with Gasteiger partial charge >= 0.3 is 0 Å². The molecule has 1 rings (SSSR count). The second-order valence-corrected chi connectivity index (χ2v) is 5.52. The van der Waals surface area contributed by atoms with Crippen molar-refractivity contribution in [2.45, 2.75) is 39.7 Å². The van der Waals surface area contributed by atoms with Gasteiger partial charge in [-0.2, -0.15) is 0 Å². The summed E-state index contributed by atoms with van der Waals surface area (Å²) in [6.07, 6.45) is 2.94. The Morgan fingerprint density at radius 1 is 1.47 bits per heavy atom. The van der Waals surface area contributed by atoms with Gasteiger partial charge in [0, 0.05) is 19.5 Å². The normalized spacial score (nSPS) is 22.1. The highest BCUT2D eigenvalue weighted by molar-refractivity contribution is 5.90. The summed E-state index contributed by atoms with van der Waals surface area (Å²) in [7, 11) is 0. The maximum absolute atomic E-state index is 12.3. The van der Waals surface area contributed by atoms with E-state index in [1.165, 1.54) is 0 Å². The predicted octanol–water partition coefficient (Wildman–Crippen LogP) is 1.33. The summed E-state index contributed by atoms with van der Waals surface area (Å²) in [4.78, 5) is 25.7. The van der Waals surface area contributed by atoms with Gasteiger partial charge in [0.2, 0.25) is 11.8 Å². The molecule has 0 aromatic heterocycles. The molecule has 1 aliphatic rings. The fraction of sp³-hybridized carbons (Fsp3) is 0.692. The van der Waals surface area contributed by atoms with E-state index in [9.17, 15) is 9.59 Å². The average molecular weight is 238 g/mol. The Bertz CT molecular complexity index is 318. The first-order chi connectivity index (χ1) is 7.86. The molecule has 1 heterocycles. The van der Waals surface area contributed by atoms with Gasteiger partial charge in [0.15, 0.2) is 0 Å². The van der Waals surface area contributed by atoms with Crippen LogP contribution in [0.5, 0.6) is 0 Å². The van der Waals surface area contributed by atoms with Crippen molar-refractivity contribution in [3.05, 3.63) is 12.7 Å². The van der Waals surface area contributed by atoms with E-state index in [0.29, 0.717) is 19.5 Å². The largest absolute Gasteiger partial charge is 0.344 e. The highest BCUT2D eigenvalue weighted by Gasteiger charge is 2.37. The molecule has 4 heteroatoms. The van der Waals surface area contributed by atoms with Crippen molar-refractivity contribution in [1.29, 1.82) is 0 Å². The summed E-state index contributed by atoms with van der Waals surface area (Å²) in [6, 6.07) is -0.428. The van der Waals surface area contributed by atoms with Gasteiger partial charge in [0.05, 0.1) is 0 Å². The minimum atomic E-state index is -0.428. The van der Waals surface area contributed by atoms with E-state index in [0.717, 1.165) is 6.42 Å². The summed E-state index contributed by atoms with van der Waals surface area (Å²) in [5.41, 5.74) is -0.260. The summed E-state index contributed by atoms with van der Waals surface area (Å²) < 4.78 is 0. The maximum atomic E-state index is 12.3. The van der Waals surface area contributed by atoms with E-state index in [1.54, 1.807) is 11.0 Å². The van der Waals surface area contributed by atoms with Gasteiger partial charge in [-0.15, -0.1) is 6.58 Å². The Labute approximate surface area is 103 Å². The van der Waals surface area contributed by atoms with E-state index in [-0.39, 0.29) is 17.2 Å². The van der Waals surface area contributed by atoms with Crippen LogP contribution < -0.4 is 5.32 Å². The average Bonchev–Trinajstić information content (AvgIpc) is 2.36. The summed E-state index contributed by atoms with van der Waals surface area (Å²) in [5, 5.41) is 2.82. The molecule has 0 aromatic rings. The molecular weight excluding hydrogens is 216 g/mol. The highest BCUT2D eigenvalue weighted by atomic mass is 16.2. The molecule has 0 aliphatic carbocycles. The number of carbonyl (C=O) groups is 2. The van der Waals surface area contributed by atoms with E-state index in [2.05, 4.69) is 11.9 Å². The molecule has 1 fully saturated rings. The van der Waals surface area contributed by atoms with Gasteiger partial charge in [-0.25, -0.2) is 0 Å². The lowest BCUT2D eigenvalue weighted by atomic mass is 9.86. The fourth-order valence-corrected chi connectivity index (χ4v) is 1.88. The zero-order chi connectivity index (χ0) is 13.1. The molecule has 1 saturated heterocycles. The van der Waals surface area contributed by atoms with Crippen LogP contribution in [0.3, 0.4) is 0 Å². The van der Waals surface area contributed by atoms with Crippen LogP contribution in [0.2, 0.25) is 0 Å². The topological polar surface area (TPSA) is 49.4 Å². The molecule has 1 N–H and O–H groups in total. The van der Waals surface area contributed by atoms with E-state index >= 15 is 0 Å². The van der Waals surface area contributed by atoms with E-state index < -0.39 is 6.04 Å². The first kappa shape index (κ1) is 13.7. The Kier molecular flexibility index (Phi) is 4.32. The highest BCUT2D eigenvalue weighted by Crippen LogP contribution is 2.23. The number of nitrogens with one attached hydrogen (secondary N) is 1. The van der Waals surface area contributed by atoms with Gasteiger partial charge in [0.1, 0.15) is 6.04 Å². The molecule has 0 saturated carbocycles. The monoisotopic (exact) mass is 238 g/mol. The van der Waals surface area contributed by atoms with Crippen LogP contribution in [0, 0.1) is 5.41 Å². The number of carbonyl (C=O) groups excluding carboxylic acids is 2. The third kappa shape index (κ3) is 3.58. The minimum Gasteiger partial charge on any atom is -0.344 e. The van der Waals surface area contributed by atoms with E-state index in [1.807, 2.05) is 20.8 Å². The molecule has 4 nitrogen and oxygen atoms in total. The Balaban J connectivity index is 2.85. The van der Waals surface area contributed by atoms with Crippen LogP contribution in [-0.4, -0.2) is 35.8 Å². The van der Waals surface area contributed by atoms with Crippen molar-refractivity contribution < 1.29 is 9.59 Å². The first-order valence-electron chi connectivity index (χ1n) is 6.05. The smallest absolute Gasteiger partial charge is 0.245 e. The summed E-state index contributed by atoms with van der Waals surface area (Å²) in [6.45, 7) is 10.7. The molecule has 0 radical (unpaired) electrons. The number of nitrogens with zero attached hydrogens (tertiary/aromatic N) is 1. The van der Waals surface area contributed by atoms with Crippen LogP contribution in [0.1, 0.15) is 33.6 Å². The molecule has 0 spiro atoms. The van der Waals surface area contributed by atoms with Gasteiger partial charge in [-0.1, -0.05) is 26.8 Å². The molecule has 1 atom stereocenters. The lowest BCUT2D eigenvalue weighted by molar-refractivity contribution is -0.136. The lowest BCUT2D eigenvalue weighted by Crippen LogP contribution is -2.52. The molecule has 1 aliphatic heterocycles. The summed E-state index contributed by atoms with van der Waals surface area (Å²) >= 11 is 0. The lowest BCUT2D eigenvalue weighted by Gasteiger charge is -2.32. The van der Waals surface area contributed by atoms with Crippen molar-refractivity contribution in [3.63, 3.8) is 0 Å². The number of rotatable bonds is 3. The standard InChI is InChI=1S/C13H22N2O2/c1-5-6-8-15-9-7-10(16)14-11(12(15)17)13(2,3)4/h5,11H,1,6-9H2,2-4H3,(H,14,16). The van der Waals surface area contributed by atoms with Crippen LogP contribution >= 0.6 is 0 Å². The Morgan fingerprint density at radius 3 is 2.65 bits per heavy atom. The Morgan fingerprint density at radius 2 is 2.12 bits per heavy atom. The summed E-state index contributed by atoms with van der Waals surface area (Å²) in [5.74, 6) is -0.0235. The van der Waals surface area contributed by atoms with Crippen LogP contribution in [-0.2, 0) is 9.59 Å². The van der Waals surface area contributed by atoms with Crippen molar-refractivity contribution in [2.24, 2.45) is 5.41 Å². The molecule has 1 unspecified atom stereocenters. The molecular formula is C13H22N2O2. The zero-order valence-corrected chi connectivity index (χ0v) is 11.0. The quantitative estimate of drug-likeness (QED) is 0.754. The first-order valence-corrected chi connectivity index (χ1v) is 6.05. The fourth-order valence-electron chi connectivity index (χ4n) is 1.88. The van der Waals surface area contributed by atoms with E-state index in [4.69, 9.17) is 0 Å². The van der Waals surface area contributed by atoms with Crippen LogP contribution in [0.4, 0.5) is 0 Å². The number of amides is 2. The minimum absolute atomic E-state index is 0.0187. The van der Waals surface area contributed by atoms with Crippen molar-refractivity contribution >= 4 is 11.8 Å². The van der Waals surface area contributed by atoms with Crippen molar-refractivity contribution in [1.82, 2.24) is 10.2 Å². The van der Waals surface area contributed by atoms with Crippen LogP contribution in [0.25, 0.3) is 0 Å². The van der Waals surface area contributed by atoms with Gasteiger partial charge in [-0.05, 0) is 11.8 Å².